The standard InChI is InChI=1S/C20H22O3/c1-15-12-18(19(21)23-20(2,3)4)13-17(14-22-15)11-10-16-8-6-5-7-9-16/h5-9,12,14-15H,13H2,1-4H3/t15-/m0/s1. The Morgan fingerprint density at radius 2 is 1.91 bits per heavy atom. The van der Waals surface area contributed by atoms with Gasteiger partial charge in [0, 0.05) is 23.1 Å². The number of rotatable bonds is 1. The van der Waals surface area contributed by atoms with E-state index in [9.17, 15) is 4.79 Å². The summed E-state index contributed by atoms with van der Waals surface area (Å²) in [7, 11) is 0. The second kappa shape index (κ2) is 7.19. The third kappa shape index (κ3) is 5.67. The smallest absolute Gasteiger partial charge is 0.334 e. The lowest BCUT2D eigenvalue weighted by atomic mass is 10.0. The minimum atomic E-state index is -0.520. The molecule has 0 amide bonds. The van der Waals surface area contributed by atoms with Crippen LogP contribution in [-0.2, 0) is 14.3 Å². The highest BCUT2D eigenvalue weighted by Gasteiger charge is 2.22. The summed E-state index contributed by atoms with van der Waals surface area (Å²) in [4.78, 5) is 12.3. The van der Waals surface area contributed by atoms with E-state index >= 15 is 0 Å². The molecule has 2 rings (SSSR count). The van der Waals surface area contributed by atoms with Crippen molar-refractivity contribution < 1.29 is 14.3 Å². The molecule has 1 heterocycles. The minimum absolute atomic E-state index is 0.187. The van der Waals surface area contributed by atoms with Crippen molar-refractivity contribution >= 4 is 5.97 Å². The van der Waals surface area contributed by atoms with Crippen LogP contribution < -0.4 is 0 Å². The molecular formula is C20H22O3. The topological polar surface area (TPSA) is 35.5 Å². The van der Waals surface area contributed by atoms with Crippen molar-refractivity contribution in [2.45, 2.75) is 45.8 Å². The molecule has 3 heteroatoms. The van der Waals surface area contributed by atoms with Crippen molar-refractivity contribution in [1.82, 2.24) is 0 Å². The van der Waals surface area contributed by atoms with E-state index in [2.05, 4.69) is 11.8 Å². The summed E-state index contributed by atoms with van der Waals surface area (Å²) < 4.78 is 11.0. The first-order chi connectivity index (χ1) is 10.8. The third-order valence-electron chi connectivity index (χ3n) is 3.04. The summed E-state index contributed by atoms with van der Waals surface area (Å²) in [5, 5.41) is 0. The van der Waals surface area contributed by atoms with Gasteiger partial charge < -0.3 is 9.47 Å². The van der Waals surface area contributed by atoms with E-state index in [1.54, 1.807) is 12.3 Å². The molecule has 0 saturated heterocycles. The van der Waals surface area contributed by atoms with Crippen LogP contribution in [0.15, 0.2) is 53.8 Å². The van der Waals surface area contributed by atoms with Crippen molar-refractivity contribution in [2.24, 2.45) is 0 Å². The van der Waals surface area contributed by atoms with Crippen molar-refractivity contribution in [2.75, 3.05) is 0 Å². The largest absolute Gasteiger partial charge is 0.493 e. The molecule has 0 unspecified atom stereocenters. The van der Waals surface area contributed by atoms with Gasteiger partial charge in [0.2, 0.25) is 0 Å². The van der Waals surface area contributed by atoms with E-state index in [4.69, 9.17) is 9.47 Å². The average Bonchev–Trinajstić information content (AvgIpc) is 2.66. The molecule has 0 N–H and O–H groups in total. The molecule has 1 aliphatic rings. The van der Waals surface area contributed by atoms with E-state index in [-0.39, 0.29) is 12.1 Å². The van der Waals surface area contributed by atoms with Crippen LogP contribution in [-0.4, -0.2) is 17.7 Å². The molecule has 0 saturated carbocycles. The zero-order valence-corrected chi connectivity index (χ0v) is 14.1. The minimum Gasteiger partial charge on any atom is -0.493 e. The third-order valence-corrected chi connectivity index (χ3v) is 3.04. The molecule has 1 aliphatic heterocycles. The fourth-order valence-electron chi connectivity index (χ4n) is 2.05. The molecule has 1 aromatic carbocycles. The zero-order valence-electron chi connectivity index (χ0n) is 14.1. The van der Waals surface area contributed by atoms with Gasteiger partial charge in [-0.1, -0.05) is 30.0 Å². The molecular weight excluding hydrogens is 288 g/mol. The van der Waals surface area contributed by atoms with Crippen LogP contribution in [0.4, 0.5) is 0 Å². The summed E-state index contributed by atoms with van der Waals surface area (Å²) >= 11 is 0. The second-order valence-electron chi connectivity index (χ2n) is 6.47. The molecule has 0 radical (unpaired) electrons. The molecule has 3 nitrogen and oxygen atoms in total. The highest BCUT2D eigenvalue weighted by Crippen LogP contribution is 2.21. The monoisotopic (exact) mass is 310 g/mol. The first-order valence-corrected chi connectivity index (χ1v) is 7.69. The lowest BCUT2D eigenvalue weighted by Crippen LogP contribution is -2.25. The zero-order chi connectivity index (χ0) is 16.9. The van der Waals surface area contributed by atoms with Crippen LogP contribution in [0.2, 0.25) is 0 Å². The van der Waals surface area contributed by atoms with Crippen LogP contribution in [0.1, 0.15) is 39.7 Å². The number of benzene rings is 1. The molecule has 0 bridgehead atoms. The molecule has 0 aliphatic carbocycles. The Kier molecular flexibility index (Phi) is 5.28. The van der Waals surface area contributed by atoms with Crippen LogP contribution in [0, 0.1) is 11.8 Å². The van der Waals surface area contributed by atoms with Crippen molar-refractivity contribution in [3.63, 3.8) is 0 Å². The van der Waals surface area contributed by atoms with Gasteiger partial charge in [-0.05, 0) is 45.9 Å². The summed E-state index contributed by atoms with van der Waals surface area (Å²) in [6.45, 7) is 7.45. The molecule has 120 valence electrons. The molecule has 0 spiro atoms. The van der Waals surface area contributed by atoms with E-state index in [0.717, 1.165) is 11.1 Å². The van der Waals surface area contributed by atoms with Crippen LogP contribution in [0.5, 0.6) is 0 Å². The van der Waals surface area contributed by atoms with Crippen molar-refractivity contribution in [1.29, 1.82) is 0 Å². The molecule has 0 fully saturated rings. The summed E-state index contributed by atoms with van der Waals surface area (Å²) in [5.41, 5.74) is 1.75. The number of esters is 1. The number of hydrogen-bond donors (Lipinski definition) is 0. The van der Waals surface area contributed by atoms with Crippen LogP contribution >= 0.6 is 0 Å². The number of ether oxygens (including phenoxy) is 2. The number of carbonyl (C=O) groups is 1. The Bertz CT molecular complexity index is 679. The lowest BCUT2D eigenvalue weighted by Gasteiger charge is -2.20. The van der Waals surface area contributed by atoms with Gasteiger partial charge in [-0.15, -0.1) is 0 Å². The SMILES string of the molecule is C[C@H]1C=C(C(=O)OC(C)(C)C)CC(C#Cc2ccccc2)=CO1. The second-order valence-corrected chi connectivity index (χ2v) is 6.47. The van der Waals surface area contributed by atoms with Crippen molar-refractivity contribution in [3.05, 3.63) is 59.4 Å². The Balaban J connectivity index is 2.16. The number of hydrogen-bond acceptors (Lipinski definition) is 3. The van der Waals surface area contributed by atoms with E-state index in [1.165, 1.54) is 0 Å². The highest BCUT2D eigenvalue weighted by molar-refractivity contribution is 5.89. The Morgan fingerprint density at radius 1 is 1.22 bits per heavy atom. The van der Waals surface area contributed by atoms with E-state index in [1.807, 2.05) is 58.0 Å². The molecule has 1 aromatic rings. The maximum atomic E-state index is 12.3. The van der Waals surface area contributed by atoms with Crippen LogP contribution in [0.3, 0.4) is 0 Å². The Hall–Kier alpha value is -2.47. The fraction of sp³-hybridized carbons (Fsp3) is 0.350. The maximum Gasteiger partial charge on any atom is 0.334 e. The summed E-state index contributed by atoms with van der Waals surface area (Å²) in [5.74, 6) is 5.85. The summed E-state index contributed by atoms with van der Waals surface area (Å²) in [6.07, 6.45) is 3.66. The Labute approximate surface area is 138 Å². The van der Waals surface area contributed by atoms with Gasteiger partial charge in [-0.25, -0.2) is 4.79 Å². The first kappa shape index (κ1) is 16.9. The lowest BCUT2D eigenvalue weighted by molar-refractivity contribution is -0.150. The quantitative estimate of drug-likeness (QED) is 0.581. The van der Waals surface area contributed by atoms with Gasteiger partial charge in [0.05, 0.1) is 6.26 Å². The predicted octanol–water partition coefficient (Wildman–Crippen LogP) is 4.00. The molecule has 23 heavy (non-hydrogen) atoms. The van der Waals surface area contributed by atoms with Gasteiger partial charge in [0.1, 0.15) is 11.7 Å². The van der Waals surface area contributed by atoms with Gasteiger partial charge >= 0.3 is 5.97 Å². The van der Waals surface area contributed by atoms with Crippen molar-refractivity contribution in [3.8, 4) is 11.8 Å². The van der Waals surface area contributed by atoms with Gasteiger partial charge in [0.25, 0.3) is 0 Å². The highest BCUT2D eigenvalue weighted by atomic mass is 16.6. The summed E-state index contributed by atoms with van der Waals surface area (Å²) in [6, 6.07) is 9.72. The number of allylic oxidation sites excluding steroid dienone is 1. The number of carbonyl (C=O) groups excluding carboxylic acids is 1. The van der Waals surface area contributed by atoms with E-state index in [0.29, 0.717) is 12.0 Å². The normalized spacial score (nSPS) is 17.7. The average molecular weight is 310 g/mol. The fourth-order valence-corrected chi connectivity index (χ4v) is 2.05. The predicted molar refractivity (Wildman–Crippen MR) is 90.5 cm³/mol. The molecule has 0 aromatic heterocycles. The van der Waals surface area contributed by atoms with E-state index < -0.39 is 5.60 Å². The van der Waals surface area contributed by atoms with Crippen LogP contribution in [0.25, 0.3) is 0 Å². The maximum absolute atomic E-state index is 12.3. The van der Waals surface area contributed by atoms with Gasteiger partial charge in [-0.2, -0.15) is 0 Å². The van der Waals surface area contributed by atoms with Gasteiger partial charge in [-0.3, -0.25) is 0 Å². The first-order valence-electron chi connectivity index (χ1n) is 7.69. The Morgan fingerprint density at radius 3 is 2.57 bits per heavy atom. The molecule has 1 atom stereocenters. The van der Waals surface area contributed by atoms with Gasteiger partial charge in [0.15, 0.2) is 0 Å².